The van der Waals surface area contributed by atoms with Crippen molar-refractivity contribution in [1.29, 1.82) is 0 Å². The molecule has 2 aromatic rings. The number of nitrogens with two attached hydrogens (primary N) is 1. The summed E-state index contributed by atoms with van der Waals surface area (Å²) in [5.74, 6) is 0.699. The van der Waals surface area contributed by atoms with Crippen LogP contribution in [0, 0.1) is 6.92 Å². The average molecular weight is 391 g/mol. The second-order valence-electron chi connectivity index (χ2n) is 3.75. The normalized spacial score (nSPS) is 10.4. The van der Waals surface area contributed by atoms with E-state index >= 15 is 0 Å². The highest BCUT2D eigenvalue weighted by Crippen LogP contribution is 2.33. The molecule has 0 saturated carbocycles. The Balaban J connectivity index is 2.40. The minimum Gasteiger partial charge on any atom is -0.397 e. The van der Waals surface area contributed by atoms with Gasteiger partial charge in [-0.25, -0.2) is 4.98 Å². The van der Waals surface area contributed by atoms with E-state index in [1.165, 1.54) is 0 Å². The van der Waals surface area contributed by atoms with Crippen LogP contribution in [0.3, 0.4) is 0 Å². The minimum atomic E-state index is 0.651. The summed E-state index contributed by atoms with van der Waals surface area (Å²) in [4.78, 5) is 4.26. The number of nitrogens with one attached hydrogen (secondary N) is 1. The van der Waals surface area contributed by atoms with Gasteiger partial charge < -0.3 is 11.1 Å². The maximum atomic E-state index is 5.97. The van der Waals surface area contributed by atoms with E-state index in [2.05, 4.69) is 42.2 Å². The van der Waals surface area contributed by atoms with Gasteiger partial charge in [-0.3, -0.25) is 0 Å². The van der Waals surface area contributed by atoms with E-state index in [1.807, 2.05) is 25.1 Å². The molecule has 0 fully saturated rings. The van der Waals surface area contributed by atoms with Crippen LogP contribution in [-0.4, -0.2) is 4.98 Å². The van der Waals surface area contributed by atoms with E-state index in [9.17, 15) is 0 Å². The number of anilines is 3. The molecule has 0 amide bonds. The summed E-state index contributed by atoms with van der Waals surface area (Å²) in [5, 5.41) is 3.86. The number of rotatable bonds is 2. The van der Waals surface area contributed by atoms with Gasteiger partial charge in [-0.1, -0.05) is 11.6 Å². The molecule has 3 nitrogen and oxygen atoms in total. The van der Waals surface area contributed by atoms with E-state index in [1.54, 1.807) is 6.20 Å². The smallest absolute Gasteiger partial charge is 0.145 e. The number of benzene rings is 1. The van der Waals surface area contributed by atoms with Crippen LogP contribution in [0.5, 0.6) is 0 Å². The molecular weight excluding hydrogens is 381 g/mol. The lowest BCUT2D eigenvalue weighted by atomic mass is 10.2. The van der Waals surface area contributed by atoms with Gasteiger partial charge in [0.25, 0.3) is 0 Å². The summed E-state index contributed by atoms with van der Waals surface area (Å²) in [6.45, 7) is 1.93. The van der Waals surface area contributed by atoms with Crippen LogP contribution in [0.25, 0.3) is 0 Å². The van der Waals surface area contributed by atoms with Crippen LogP contribution in [-0.2, 0) is 0 Å². The first kappa shape index (κ1) is 13.6. The van der Waals surface area contributed by atoms with Gasteiger partial charge >= 0.3 is 0 Å². The zero-order valence-corrected chi connectivity index (χ0v) is 13.4. The number of aromatic nitrogens is 1. The van der Waals surface area contributed by atoms with Crippen molar-refractivity contribution in [2.75, 3.05) is 11.1 Å². The number of nitrogens with zero attached hydrogens (tertiary/aromatic N) is 1. The molecular formula is C12H10Br2ClN3. The lowest BCUT2D eigenvalue weighted by Gasteiger charge is -2.12. The predicted octanol–water partition coefficient (Wildman–Crippen LogP) is 4.89. The third-order valence-corrected chi connectivity index (χ3v) is 4.38. The van der Waals surface area contributed by atoms with E-state index < -0.39 is 0 Å². The standard InChI is InChI=1S/C12H10Br2ClN3/c1-6-9(16)5-17-12(11(6)14)18-10-4-7(15)2-3-8(10)13/h2-5H,16H2,1H3,(H,17,18). The Hall–Kier alpha value is -0.780. The van der Waals surface area contributed by atoms with Gasteiger partial charge in [0.2, 0.25) is 0 Å². The lowest BCUT2D eigenvalue weighted by molar-refractivity contribution is 1.25. The molecule has 0 atom stereocenters. The molecule has 0 bridgehead atoms. The first-order valence-corrected chi connectivity index (χ1v) is 7.08. The highest BCUT2D eigenvalue weighted by Gasteiger charge is 2.09. The van der Waals surface area contributed by atoms with Crippen molar-refractivity contribution in [1.82, 2.24) is 4.98 Å². The molecule has 0 radical (unpaired) electrons. The average Bonchev–Trinajstić information content (AvgIpc) is 2.34. The van der Waals surface area contributed by atoms with Gasteiger partial charge in [-0.2, -0.15) is 0 Å². The van der Waals surface area contributed by atoms with Gasteiger partial charge in [-0.05, 0) is 62.5 Å². The van der Waals surface area contributed by atoms with Gasteiger partial charge in [0.05, 0.1) is 22.0 Å². The molecule has 6 heteroatoms. The quantitative estimate of drug-likeness (QED) is 0.766. The third kappa shape index (κ3) is 2.79. The molecule has 0 aliphatic rings. The van der Waals surface area contributed by atoms with Gasteiger partial charge in [0.1, 0.15) is 5.82 Å². The minimum absolute atomic E-state index is 0.651. The molecule has 3 N–H and O–H groups in total. The molecule has 1 heterocycles. The van der Waals surface area contributed by atoms with Crippen LogP contribution < -0.4 is 11.1 Å². The van der Waals surface area contributed by atoms with Crippen molar-refractivity contribution < 1.29 is 0 Å². The fourth-order valence-corrected chi connectivity index (χ4v) is 2.35. The highest BCUT2D eigenvalue weighted by molar-refractivity contribution is 9.11. The number of hydrogen-bond acceptors (Lipinski definition) is 3. The lowest BCUT2D eigenvalue weighted by Crippen LogP contribution is -2.00. The van der Waals surface area contributed by atoms with Gasteiger partial charge in [0.15, 0.2) is 0 Å². The SMILES string of the molecule is Cc1c(N)cnc(Nc2cc(Cl)ccc2Br)c1Br. The molecule has 18 heavy (non-hydrogen) atoms. The number of nitrogen functional groups attached to an aromatic ring is 1. The molecule has 0 unspecified atom stereocenters. The summed E-state index contributed by atoms with van der Waals surface area (Å²) in [5.41, 5.74) is 8.23. The zero-order valence-electron chi connectivity index (χ0n) is 9.47. The summed E-state index contributed by atoms with van der Waals surface area (Å²) in [7, 11) is 0. The number of pyridine rings is 1. The van der Waals surface area contributed by atoms with Crippen LogP contribution in [0.2, 0.25) is 5.02 Å². The fraction of sp³-hybridized carbons (Fsp3) is 0.0833. The largest absolute Gasteiger partial charge is 0.397 e. The summed E-state index contributed by atoms with van der Waals surface area (Å²) in [6, 6.07) is 5.52. The summed E-state index contributed by atoms with van der Waals surface area (Å²) >= 11 is 12.9. The van der Waals surface area contributed by atoms with E-state index in [0.717, 1.165) is 20.2 Å². The van der Waals surface area contributed by atoms with E-state index in [-0.39, 0.29) is 0 Å². The zero-order chi connectivity index (χ0) is 13.3. The Labute approximate surface area is 127 Å². The van der Waals surface area contributed by atoms with Gasteiger partial charge in [-0.15, -0.1) is 0 Å². The second kappa shape index (κ2) is 5.47. The summed E-state index contributed by atoms with van der Waals surface area (Å²) in [6.07, 6.45) is 1.63. The molecule has 1 aromatic carbocycles. The van der Waals surface area contributed by atoms with Gasteiger partial charge in [0, 0.05) is 9.50 Å². The Morgan fingerprint density at radius 1 is 1.33 bits per heavy atom. The van der Waals surface area contributed by atoms with Crippen molar-refractivity contribution in [3.8, 4) is 0 Å². The van der Waals surface area contributed by atoms with Crippen molar-refractivity contribution in [3.63, 3.8) is 0 Å². The van der Waals surface area contributed by atoms with Crippen molar-refractivity contribution in [3.05, 3.63) is 43.9 Å². The molecule has 0 spiro atoms. The molecule has 0 aliphatic heterocycles. The topological polar surface area (TPSA) is 50.9 Å². The maximum absolute atomic E-state index is 5.97. The van der Waals surface area contributed by atoms with Crippen molar-refractivity contribution >= 4 is 60.7 Å². The molecule has 0 saturated heterocycles. The predicted molar refractivity (Wildman–Crippen MR) is 83.5 cm³/mol. The van der Waals surface area contributed by atoms with Crippen molar-refractivity contribution in [2.24, 2.45) is 0 Å². The van der Waals surface area contributed by atoms with Crippen molar-refractivity contribution in [2.45, 2.75) is 6.92 Å². The molecule has 94 valence electrons. The Kier molecular flexibility index (Phi) is 4.14. The maximum Gasteiger partial charge on any atom is 0.145 e. The van der Waals surface area contributed by atoms with Crippen LogP contribution >= 0.6 is 43.5 Å². The molecule has 1 aromatic heterocycles. The summed E-state index contributed by atoms with van der Waals surface area (Å²) < 4.78 is 1.75. The highest BCUT2D eigenvalue weighted by atomic mass is 79.9. The van der Waals surface area contributed by atoms with Crippen LogP contribution in [0.4, 0.5) is 17.2 Å². The second-order valence-corrected chi connectivity index (χ2v) is 5.83. The Bertz CT molecular complexity index is 602. The monoisotopic (exact) mass is 389 g/mol. The fourth-order valence-electron chi connectivity index (χ4n) is 1.40. The number of halogens is 3. The Morgan fingerprint density at radius 3 is 2.78 bits per heavy atom. The first-order valence-electron chi connectivity index (χ1n) is 5.11. The number of hydrogen-bond donors (Lipinski definition) is 2. The van der Waals surface area contributed by atoms with Crippen LogP contribution in [0.15, 0.2) is 33.3 Å². The van der Waals surface area contributed by atoms with Crippen LogP contribution in [0.1, 0.15) is 5.56 Å². The van der Waals surface area contributed by atoms with E-state index in [4.69, 9.17) is 17.3 Å². The third-order valence-electron chi connectivity index (χ3n) is 2.48. The van der Waals surface area contributed by atoms with E-state index in [0.29, 0.717) is 16.5 Å². The first-order chi connectivity index (χ1) is 8.49. The Morgan fingerprint density at radius 2 is 2.06 bits per heavy atom. The molecule has 0 aliphatic carbocycles. The molecule has 2 rings (SSSR count).